The van der Waals surface area contributed by atoms with Crippen molar-refractivity contribution in [3.8, 4) is 5.75 Å². The Balaban J connectivity index is 1.17. The maximum atomic E-state index is 13.3. The van der Waals surface area contributed by atoms with Crippen LogP contribution in [0.1, 0.15) is 40.2 Å². The number of halogens is 3. The molecular weight excluding hydrogens is 509 g/mol. The van der Waals surface area contributed by atoms with E-state index in [1.54, 1.807) is 15.8 Å². The summed E-state index contributed by atoms with van der Waals surface area (Å²) in [6.07, 6.45) is -1.56. The molecule has 202 valence electrons. The van der Waals surface area contributed by atoms with Gasteiger partial charge in [-0.3, -0.25) is 9.59 Å². The van der Waals surface area contributed by atoms with Gasteiger partial charge < -0.3 is 19.5 Å². The van der Waals surface area contributed by atoms with Gasteiger partial charge in [-0.25, -0.2) is 4.98 Å². The van der Waals surface area contributed by atoms with Crippen molar-refractivity contribution < 1.29 is 27.5 Å². The van der Waals surface area contributed by atoms with E-state index in [0.717, 1.165) is 28.7 Å². The fraction of sp³-hybridized carbons (Fsp3) is 0.276. The number of imidazole rings is 1. The first-order valence-electron chi connectivity index (χ1n) is 12.6. The van der Waals surface area contributed by atoms with E-state index in [0.29, 0.717) is 31.6 Å². The van der Waals surface area contributed by atoms with Gasteiger partial charge in [0.15, 0.2) is 0 Å². The van der Waals surface area contributed by atoms with Gasteiger partial charge in [0.1, 0.15) is 12.3 Å². The van der Waals surface area contributed by atoms with Crippen LogP contribution in [0, 0.1) is 0 Å². The topological polar surface area (TPSA) is 76.5 Å². The number of piperidine rings is 1. The zero-order valence-electron chi connectivity index (χ0n) is 21.2. The SMILES string of the molecule is COc1cc(C(=O)N2CCC(c3ccc(NC(=O)Cn4cnc5ccccc54)cc3)CC2)cc(C(F)(F)F)c1. The number of amides is 2. The fourth-order valence-electron chi connectivity index (χ4n) is 4.93. The lowest BCUT2D eigenvalue weighted by atomic mass is 9.89. The molecule has 0 aliphatic carbocycles. The summed E-state index contributed by atoms with van der Waals surface area (Å²) in [5, 5.41) is 2.91. The first kappa shape index (κ1) is 26.3. The predicted molar refractivity (Wildman–Crippen MR) is 141 cm³/mol. The number of carbonyl (C=O) groups excluding carboxylic acids is 2. The molecule has 1 saturated heterocycles. The third-order valence-electron chi connectivity index (χ3n) is 7.01. The lowest BCUT2D eigenvalue weighted by Crippen LogP contribution is -2.38. The number of aromatic nitrogens is 2. The molecule has 1 aromatic heterocycles. The maximum absolute atomic E-state index is 13.3. The molecule has 4 aromatic rings. The molecule has 2 heterocycles. The van der Waals surface area contributed by atoms with E-state index in [-0.39, 0.29) is 29.7 Å². The van der Waals surface area contributed by atoms with E-state index in [4.69, 9.17) is 4.74 Å². The van der Waals surface area contributed by atoms with Gasteiger partial charge >= 0.3 is 6.18 Å². The van der Waals surface area contributed by atoms with Crippen LogP contribution in [0.4, 0.5) is 18.9 Å². The summed E-state index contributed by atoms with van der Waals surface area (Å²) in [4.78, 5) is 31.4. The Morgan fingerprint density at radius 3 is 2.44 bits per heavy atom. The van der Waals surface area contributed by atoms with Crippen LogP contribution >= 0.6 is 0 Å². The highest BCUT2D eigenvalue weighted by Crippen LogP contribution is 2.34. The van der Waals surface area contributed by atoms with Crippen molar-refractivity contribution in [2.75, 3.05) is 25.5 Å². The zero-order chi connectivity index (χ0) is 27.6. The number of hydrogen-bond acceptors (Lipinski definition) is 4. The number of likely N-dealkylation sites (tertiary alicyclic amines) is 1. The molecule has 2 amide bonds. The molecule has 1 N–H and O–H groups in total. The van der Waals surface area contributed by atoms with Crippen LogP contribution in [0.25, 0.3) is 11.0 Å². The zero-order valence-corrected chi connectivity index (χ0v) is 21.2. The number of ether oxygens (including phenoxy) is 1. The second-order valence-electron chi connectivity index (χ2n) is 9.55. The summed E-state index contributed by atoms with van der Waals surface area (Å²) >= 11 is 0. The lowest BCUT2D eigenvalue weighted by Gasteiger charge is -2.32. The van der Waals surface area contributed by atoms with Crippen LogP contribution in [0.2, 0.25) is 0 Å². The molecule has 0 atom stereocenters. The van der Waals surface area contributed by atoms with Crippen molar-refractivity contribution in [1.82, 2.24) is 14.5 Å². The van der Waals surface area contributed by atoms with Crippen molar-refractivity contribution in [2.24, 2.45) is 0 Å². The van der Waals surface area contributed by atoms with Crippen LogP contribution in [-0.4, -0.2) is 46.5 Å². The standard InChI is InChI=1S/C29H27F3N4O3/c1-39-24-15-21(14-22(16-24)29(30,31)32)28(38)35-12-10-20(11-13-35)19-6-8-23(9-7-19)34-27(37)17-36-18-33-25-4-2-3-5-26(25)36/h2-9,14-16,18,20H,10-13,17H2,1H3,(H,34,37). The molecule has 10 heteroatoms. The number of carbonyl (C=O) groups is 2. The molecule has 7 nitrogen and oxygen atoms in total. The van der Waals surface area contributed by atoms with Gasteiger partial charge in [-0.15, -0.1) is 0 Å². The summed E-state index contributed by atoms with van der Waals surface area (Å²) < 4.78 is 46.6. The number of para-hydroxylation sites is 2. The van der Waals surface area contributed by atoms with Crippen molar-refractivity contribution >= 4 is 28.5 Å². The monoisotopic (exact) mass is 536 g/mol. The maximum Gasteiger partial charge on any atom is 0.416 e. The Kier molecular flexibility index (Phi) is 7.28. The molecule has 5 rings (SSSR count). The minimum absolute atomic E-state index is 0.00591. The number of anilines is 1. The van der Waals surface area contributed by atoms with Crippen LogP contribution in [0.15, 0.2) is 73.1 Å². The van der Waals surface area contributed by atoms with Crippen LogP contribution < -0.4 is 10.1 Å². The van der Waals surface area contributed by atoms with Gasteiger partial charge in [-0.2, -0.15) is 13.2 Å². The van der Waals surface area contributed by atoms with Crippen molar-refractivity contribution in [3.63, 3.8) is 0 Å². The number of fused-ring (bicyclic) bond motifs is 1. The number of nitrogens with one attached hydrogen (secondary N) is 1. The van der Waals surface area contributed by atoms with Crippen LogP contribution in [0.5, 0.6) is 5.75 Å². The third kappa shape index (κ3) is 5.89. The van der Waals surface area contributed by atoms with Gasteiger partial charge in [-0.1, -0.05) is 24.3 Å². The van der Waals surface area contributed by atoms with Crippen LogP contribution in [0.3, 0.4) is 0 Å². The fourth-order valence-corrected chi connectivity index (χ4v) is 4.93. The molecule has 0 bridgehead atoms. The van der Waals surface area contributed by atoms with Crippen molar-refractivity contribution in [2.45, 2.75) is 31.5 Å². The largest absolute Gasteiger partial charge is 0.497 e. The van der Waals surface area contributed by atoms with E-state index in [9.17, 15) is 22.8 Å². The first-order valence-corrected chi connectivity index (χ1v) is 12.6. The van der Waals surface area contributed by atoms with Crippen molar-refractivity contribution in [1.29, 1.82) is 0 Å². The second-order valence-corrected chi connectivity index (χ2v) is 9.55. The Labute approximate surface area is 223 Å². The van der Waals surface area contributed by atoms with Gasteiger partial charge in [0.2, 0.25) is 5.91 Å². The summed E-state index contributed by atoms with van der Waals surface area (Å²) in [5.74, 6) is -0.411. The Hall–Kier alpha value is -4.34. The normalized spacial score (nSPS) is 14.4. The molecule has 0 spiro atoms. The van der Waals surface area contributed by atoms with E-state index >= 15 is 0 Å². The number of benzene rings is 3. The minimum Gasteiger partial charge on any atom is -0.497 e. The Morgan fingerprint density at radius 2 is 1.74 bits per heavy atom. The molecule has 1 fully saturated rings. The minimum atomic E-state index is -4.57. The molecule has 3 aromatic carbocycles. The predicted octanol–water partition coefficient (Wildman–Crippen LogP) is 5.72. The number of rotatable bonds is 6. The number of hydrogen-bond donors (Lipinski definition) is 1. The molecule has 0 unspecified atom stereocenters. The molecule has 0 saturated carbocycles. The average molecular weight is 537 g/mol. The van der Waals surface area contributed by atoms with Crippen molar-refractivity contribution in [3.05, 3.63) is 89.7 Å². The highest BCUT2D eigenvalue weighted by atomic mass is 19.4. The van der Waals surface area contributed by atoms with E-state index in [1.165, 1.54) is 13.2 Å². The molecule has 39 heavy (non-hydrogen) atoms. The number of methoxy groups -OCH3 is 1. The highest BCUT2D eigenvalue weighted by molar-refractivity contribution is 5.95. The number of nitrogens with zero attached hydrogens (tertiary/aromatic N) is 3. The summed E-state index contributed by atoms with van der Waals surface area (Å²) in [7, 11) is 1.27. The quantitative estimate of drug-likeness (QED) is 0.342. The summed E-state index contributed by atoms with van der Waals surface area (Å²) in [6.45, 7) is 1.01. The summed E-state index contributed by atoms with van der Waals surface area (Å²) in [5.41, 5.74) is 2.53. The van der Waals surface area contributed by atoms with Gasteiger partial charge in [0.05, 0.1) is 30.0 Å². The van der Waals surface area contributed by atoms with E-state index in [1.807, 2.05) is 48.5 Å². The highest BCUT2D eigenvalue weighted by Gasteiger charge is 2.33. The molecule has 1 aliphatic heterocycles. The lowest BCUT2D eigenvalue weighted by molar-refractivity contribution is -0.137. The Morgan fingerprint density at radius 1 is 1.03 bits per heavy atom. The molecular formula is C29H27F3N4O3. The summed E-state index contributed by atoms with van der Waals surface area (Å²) in [6, 6.07) is 18.3. The van der Waals surface area contributed by atoms with E-state index < -0.39 is 17.6 Å². The molecule has 0 radical (unpaired) electrons. The smallest absolute Gasteiger partial charge is 0.416 e. The van der Waals surface area contributed by atoms with Crippen LogP contribution in [-0.2, 0) is 17.5 Å². The van der Waals surface area contributed by atoms with Gasteiger partial charge in [-0.05, 0) is 66.8 Å². The third-order valence-corrected chi connectivity index (χ3v) is 7.01. The van der Waals surface area contributed by atoms with E-state index in [2.05, 4.69) is 10.3 Å². The number of alkyl halides is 3. The van der Waals surface area contributed by atoms with Gasteiger partial charge in [0.25, 0.3) is 5.91 Å². The average Bonchev–Trinajstić information content (AvgIpc) is 3.35. The molecule has 1 aliphatic rings. The van der Waals surface area contributed by atoms with Gasteiger partial charge in [0, 0.05) is 24.3 Å². The Bertz CT molecular complexity index is 1490. The first-order chi connectivity index (χ1) is 18.7. The second kappa shape index (κ2) is 10.8.